The van der Waals surface area contributed by atoms with Crippen molar-refractivity contribution in [2.24, 2.45) is 5.41 Å². The van der Waals surface area contributed by atoms with Crippen LogP contribution in [0.1, 0.15) is 25.7 Å². The van der Waals surface area contributed by atoms with Crippen LogP contribution in [0.2, 0.25) is 0 Å². The molecule has 1 aromatic rings. The second-order valence-corrected chi connectivity index (χ2v) is 8.33. The number of pyridine rings is 1. The van der Waals surface area contributed by atoms with Gasteiger partial charge in [-0.3, -0.25) is 0 Å². The lowest BCUT2D eigenvalue weighted by molar-refractivity contribution is 0.155. The molecule has 0 bridgehead atoms. The third-order valence-corrected chi connectivity index (χ3v) is 5.96. The summed E-state index contributed by atoms with van der Waals surface area (Å²) < 4.78 is 22.9. The zero-order chi connectivity index (χ0) is 14.9. The van der Waals surface area contributed by atoms with Gasteiger partial charge in [-0.2, -0.15) is 0 Å². The summed E-state index contributed by atoms with van der Waals surface area (Å²) in [6, 6.07) is 3.49. The van der Waals surface area contributed by atoms with Crippen molar-refractivity contribution in [2.75, 3.05) is 37.3 Å². The maximum absolute atomic E-state index is 11.4. The maximum atomic E-state index is 11.4. The molecule has 2 saturated heterocycles. The summed E-state index contributed by atoms with van der Waals surface area (Å²) >= 11 is 0. The highest BCUT2D eigenvalue weighted by Gasteiger charge is 2.35. The fourth-order valence-corrected chi connectivity index (χ4v) is 4.03. The zero-order valence-electron chi connectivity index (χ0n) is 12.5. The molecule has 2 aliphatic rings. The number of sulfone groups is 1. The van der Waals surface area contributed by atoms with E-state index in [1.807, 2.05) is 6.07 Å². The van der Waals surface area contributed by atoms with E-state index in [9.17, 15) is 8.42 Å². The average Bonchev–Trinajstić information content (AvgIpc) is 2.48. The second-order valence-electron chi connectivity index (χ2n) is 6.36. The van der Waals surface area contributed by atoms with Gasteiger partial charge in [0.2, 0.25) is 0 Å². The predicted octanol–water partition coefficient (Wildman–Crippen LogP) is 1.46. The van der Waals surface area contributed by atoms with Crippen LogP contribution >= 0.6 is 0 Å². The fraction of sp³-hybridized carbons (Fsp3) is 0.667. The van der Waals surface area contributed by atoms with Crippen molar-refractivity contribution in [1.82, 2.24) is 10.3 Å². The highest BCUT2D eigenvalue weighted by atomic mass is 32.2. The topological polar surface area (TPSA) is 62.3 Å². The molecule has 3 rings (SSSR count). The van der Waals surface area contributed by atoms with Crippen LogP contribution in [0.5, 0.6) is 0 Å². The lowest BCUT2D eigenvalue weighted by Crippen LogP contribution is -2.45. The van der Waals surface area contributed by atoms with Crippen LogP contribution in [0.15, 0.2) is 23.4 Å². The molecule has 2 fully saturated rings. The van der Waals surface area contributed by atoms with Gasteiger partial charge in [0.25, 0.3) is 0 Å². The highest BCUT2D eigenvalue weighted by Crippen LogP contribution is 2.40. The molecule has 0 radical (unpaired) electrons. The van der Waals surface area contributed by atoms with Gasteiger partial charge in [-0.05, 0) is 56.3 Å². The Hall–Kier alpha value is -1.14. The number of piperidine rings is 2. The van der Waals surface area contributed by atoms with Gasteiger partial charge >= 0.3 is 0 Å². The van der Waals surface area contributed by atoms with Crippen LogP contribution in [0.4, 0.5) is 5.69 Å². The largest absolute Gasteiger partial charge is 0.370 e. The standard InChI is InChI=1S/C15H23N3O2S/c1-21(19,20)14-3-2-13(12-17-14)18-10-6-15(7-11-18)4-8-16-9-5-15/h2-3,12,16H,4-11H2,1H3. The molecule has 21 heavy (non-hydrogen) atoms. The molecule has 1 spiro atoms. The van der Waals surface area contributed by atoms with Crippen LogP contribution in [-0.4, -0.2) is 45.8 Å². The van der Waals surface area contributed by atoms with E-state index in [1.54, 1.807) is 12.3 Å². The fourth-order valence-electron chi connectivity index (χ4n) is 3.48. The van der Waals surface area contributed by atoms with E-state index in [4.69, 9.17) is 0 Å². The van der Waals surface area contributed by atoms with Gasteiger partial charge in [-0.1, -0.05) is 0 Å². The van der Waals surface area contributed by atoms with Crippen LogP contribution in [-0.2, 0) is 9.84 Å². The highest BCUT2D eigenvalue weighted by molar-refractivity contribution is 7.90. The van der Waals surface area contributed by atoms with Crippen molar-refractivity contribution in [3.05, 3.63) is 18.3 Å². The first-order valence-corrected chi connectivity index (χ1v) is 9.50. The quantitative estimate of drug-likeness (QED) is 0.896. The summed E-state index contributed by atoms with van der Waals surface area (Å²) in [5.74, 6) is 0. The van der Waals surface area contributed by atoms with Gasteiger partial charge in [0.05, 0.1) is 11.9 Å². The Kier molecular flexibility index (Phi) is 3.92. The zero-order valence-corrected chi connectivity index (χ0v) is 13.3. The minimum absolute atomic E-state index is 0.151. The van der Waals surface area contributed by atoms with E-state index in [0.29, 0.717) is 5.41 Å². The van der Waals surface area contributed by atoms with E-state index in [0.717, 1.165) is 31.9 Å². The van der Waals surface area contributed by atoms with E-state index >= 15 is 0 Å². The number of rotatable bonds is 2. The normalized spacial score (nSPS) is 22.4. The number of nitrogens with zero attached hydrogens (tertiary/aromatic N) is 2. The lowest BCUT2D eigenvalue weighted by Gasteiger charge is -2.45. The van der Waals surface area contributed by atoms with Gasteiger partial charge < -0.3 is 10.2 Å². The summed E-state index contributed by atoms with van der Waals surface area (Å²) in [7, 11) is -3.21. The van der Waals surface area contributed by atoms with Crippen molar-refractivity contribution >= 4 is 15.5 Å². The average molecular weight is 309 g/mol. The molecular formula is C15H23N3O2S. The third-order valence-electron chi connectivity index (χ3n) is 4.95. The Morgan fingerprint density at radius 3 is 2.33 bits per heavy atom. The number of hydrogen-bond acceptors (Lipinski definition) is 5. The summed E-state index contributed by atoms with van der Waals surface area (Å²) in [5, 5.41) is 3.59. The Labute approximate surface area is 126 Å². The maximum Gasteiger partial charge on any atom is 0.192 e. The number of hydrogen-bond donors (Lipinski definition) is 1. The van der Waals surface area contributed by atoms with Crippen molar-refractivity contribution in [1.29, 1.82) is 0 Å². The smallest absolute Gasteiger partial charge is 0.192 e. The molecule has 1 N–H and O–H groups in total. The van der Waals surface area contributed by atoms with Crippen molar-refractivity contribution < 1.29 is 8.42 Å². The molecule has 0 amide bonds. The minimum atomic E-state index is -3.21. The Balaban J connectivity index is 1.66. The van der Waals surface area contributed by atoms with Crippen LogP contribution in [0.25, 0.3) is 0 Å². The molecule has 116 valence electrons. The van der Waals surface area contributed by atoms with Gasteiger partial charge in [0.15, 0.2) is 14.9 Å². The summed E-state index contributed by atoms with van der Waals surface area (Å²) in [6.45, 7) is 4.37. The van der Waals surface area contributed by atoms with E-state index in [-0.39, 0.29) is 5.03 Å². The van der Waals surface area contributed by atoms with Gasteiger partial charge in [0, 0.05) is 19.3 Å². The van der Waals surface area contributed by atoms with Crippen molar-refractivity contribution in [3.63, 3.8) is 0 Å². The summed E-state index contributed by atoms with van der Waals surface area (Å²) in [6.07, 6.45) is 7.90. The predicted molar refractivity (Wildman–Crippen MR) is 83.3 cm³/mol. The van der Waals surface area contributed by atoms with Gasteiger partial charge in [0.1, 0.15) is 0 Å². The minimum Gasteiger partial charge on any atom is -0.370 e. The van der Waals surface area contributed by atoms with Crippen LogP contribution in [0.3, 0.4) is 0 Å². The third kappa shape index (κ3) is 3.21. The molecule has 1 aromatic heterocycles. The second kappa shape index (κ2) is 5.57. The number of nitrogens with one attached hydrogen (secondary N) is 1. The van der Waals surface area contributed by atoms with Crippen molar-refractivity contribution in [2.45, 2.75) is 30.7 Å². The number of aromatic nitrogens is 1. The first-order valence-electron chi connectivity index (χ1n) is 7.60. The molecule has 0 aliphatic carbocycles. The van der Waals surface area contributed by atoms with E-state index in [1.165, 1.54) is 31.9 Å². The Morgan fingerprint density at radius 1 is 1.14 bits per heavy atom. The molecular weight excluding hydrogens is 286 g/mol. The SMILES string of the molecule is CS(=O)(=O)c1ccc(N2CCC3(CCNCC3)CC2)cn1. The molecule has 6 heteroatoms. The number of anilines is 1. The molecule has 2 aliphatic heterocycles. The summed E-state index contributed by atoms with van der Waals surface area (Å²) in [5.41, 5.74) is 1.56. The van der Waals surface area contributed by atoms with Gasteiger partial charge in [-0.25, -0.2) is 13.4 Å². The first kappa shape index (κ1) is 14.8. The molecule has 0 unspecified atom stereocenters. The Morgan fingerprint density at radius 2 is 1.81 bits per heavy atom. The van der Waals surface area contributed by atoms with Crippen LogP contribution in [0, 0.1) is 5.41 Å². The molecule has 3 heterocycles. The Bertz CT molecular complexity index is 582. The molecule has 0 saturated carbocycles. The van der Waals surface area contributed by atoms with Crippen LogP contribution < -0.4 is 10.2 Å². The first-order chi connectivity index (χ1) is 9.99. The monoisotopic (exact) mass is 309 g/mol. The van der Waals surface area contributed by atoms with E-state index in [2.05, 4.69) is 15.2 Å². The molecule has 5 nitrogen and oxygen atoms in total. The summed E-state index contributed by atoms with van der Waals surface area (Å²) in [4.78, 5) is 6.42. The molecule has 0 aromatic carbocycles. The lowest BCUT2D eigenvalue weighted by atomic mass is 9.71. The van der Waals surface area contributed by atoms with Gasteiger partial charge in [-0.15, -0.1) is 0 Å². The van der Waals surface area contributed by atoms with Crippen molar-refractivity contribution in [3.8, 4) is 0 Å². The van der Waals surface area contributed by atoms with E-state index < -0.39 is 9.84 Å². The molecule has 0 atom stereocenters.